The summed E-state index contributed by atoms with van der Waals surface area (Å²) in [4.78, 5) is 13.3. The summed E-state index contributed by atoms with van der Waals surface area (Å²) in [5.41, 5.74) is -0.0674. The van der Waals surface area contributed by atoms with Gasteiger partial charge in [0.05, 0.1) is 11.7 Å². The van der Waals surface area contributed by atoms with E-state index in [1.165, 1.54) is 0 Å². The Morgan fingerprint density at radius 1 is 1.53 bits per heavy atom. The third-order valence-electron chi connectivity index (χ3n) is 3.92. The van der Waals surface area contributed by atoms with Crippen molar-refractivity contribution in [3.63, 3.8) is 0 Å². The molecule has 2 saturated heterocycles. The molecule has 2 heterocycles. The molecule has 2 fully saturated rings. The van der Waals surface area contributed by atoms with Gasteiger partial charge in [-0.1, -0.05) is 0 Å². The Bertz CT molecular complexity index is 277. The predicted molar refractivity (Wildman–Crippen MR) is 65.2 cm³/mol. The number of likely N-dealkylation sites (tertiary alicyclic amines) is 1. The van der Waals surface area contributed by atoms with Gasteiger partial charge in [-0.05, 0) is 19.3 Å². The average Bonchev–Trinajstić information content (AvgIpc) is 2.39. The van der Waals surface area contributed by atoms with Crippen LogP contribution < -0.4 is 0 Å². The Morgan fingerprint density at radius 3 is 2.82 bits per heavy atom. The van der Waals surface area contributed by atoms with Crippen molar-refractivity contribution in [2.75, 3.05) is 32.7 Å². The predicted octanol–water partition coefficient (Wildman–Crippen LogP) is 1.41. The van der Waals surface area contributed by atoms with Gasteiger partial charge >= 0.3 is 0 Å². The lowest BCUT2D eigenvalue weighted by atomic mass is 9.83. The van der Waals surface area contributed by atoms with Gasteiger partial charge in [0.1, 0.15) is 5.88 Å². The fraction of sp³-hybridized carbons (Fsp3) is 0.917. The lowest BCUT2D eigenvalue weighted by Crippen LogP contribution is -2.52. The van der Waals surface area contributed by atoms with Crippen molar-refractivity contribution in [1.29, 1.82) is 0 Å². The number of amides is 1. The molecule has 0 N–H and O–H groups in total. The lowest BCUT2D eigenvalue weighted by Gasteiger charge is -2.45. The van der Waals surface area contributed by atoms with E-state index in [0.717, 1.165) is 45.4 Å². The molecule has 17 heavy (non-hydrogen) atoms. The van der Waals surface area contributed by atoms with E-state index in [0.29, 0.717) is 6.10 Å². The van der Waals surface area contributed by atoms with Crippen molar-refractivity contribution in [3.8, 4) is 0 Å². The number of carbonyl (C=O) groups excluding carboxylic acids is 1. The van der Waals surface area contributed by atoms with E-state index >= 15 is 0 Å². The molecule has 2 aliphatic rings. The van der Waals surface area contributed by atoms with Crippen molar-refractivity contribution in [1.82, 2.24) is 4.90 Å². The van der Waals surface area contributed by atoms with Crippen LogP contribution in [0.25, 0.3) is 0 Å². The minimum Gasteiger partial charge on any atom is -0.381 e. The second kappa shape index (κ2) is 5.55. The summed E-state index contributed by atoms with van der Waals surface area (Å²) in [6.07, 6.45) is 4.03. The molecule has 0 saturated carbocycles. The van der Waals surface area contributed by atoms with E-state index in [1.54, 1.807) is 7.11 Å². The summed E-state index contributed by atoms with van der Waals surface area (Å²) in [6.45, 7) is 2.27. The summed E-state index contributed by atoms with van der Waals surface area (Å²) in [6, 6.07) is 0. The minimum absolute atomic E-state index is 0.0283. The van der Waals surface area contributed by atoms with Crippen LogP contribution in [0.15, 0.2) is 0 Å². The van der Waals surface area contributed by atoms with Crippen LogP contribution in [0.3, 0.4) is 0 Å². The topological polar surface area (TPSA) is 38.8 Å². The highest BCUT2D eigenvalue weighted by molar-refractivity contribution is 6.27. The number of rotatable bonds is 2. The molecule has 2 rings (SSSR count). The van der Waals surface area contributed by atoms with Crippen molar-refractivity contribution >= 4 is 17.5 Å². The quantitative estimate of drug-likeness (QED) is 0.706. The summed E-state index contributed by atoms with van der Waals surface area (Å²) < 4.78 is 11.4. The first-order valence-electron chi connectivity index (χ1n) is 6.19. The van der Waals surface area contributed by atoms with Crippen LogP contribution in [0.5, 0.6) is 0 Å². The molecule has 0 aromatic heterocycles. The van der Waals surface area contributed by atoms with E-state index in [1.807, 2.05) is 4.90 Å². The largest absolute Gasteiger partial charge is 0.381 e. The molecule has 0 radical (unpaired) electrons. The number of carbonyl (C=O) groups is 1. The average molecular weight is 262 g/mol. The lowest BCUT2D eigenvalue weighted by molar-refractivity contribution is -0.156. The van der Waals surface area contributed by atoms with E-state index < -0.39 is 0 Å². The summed E-state index contributed by atoms with van der Waals surface area (Å²) >= 11 is 5.57. The van der Waals surface area contributed by atoms with Crippen LogP contribution in [0, 0.1) is 0 Å². The second-order valence-electron chi connectivity index (χ2n) is 4.90. The highest BCUT2D eigenvalue weighted by Crippen LogP contribution is 2.35. The zero-order chi connectivity index (χ0) is 12.3. The van der Waals surface area contributed by atoms with Gasteiger partial charge < -0.3 is 14.4 Å². The third kappa shape index (κ3) is 2.92. The van der Waals surface area contributed by atoms with Crippen molar-refractivity contribution in [2.45, 2.75) is 37.4 Å². The third-order valence-corrected chi connectivity index (χ3v) is 4.15. The fourth-order valence-electron chi connectivity index (χ4n) is 2.78. The first kappa shape index (κ1) is 13.1. The van der Waals surface area contributed by atoms with Crippen LogP contribution in [0.2, 0.25) is 0 Å². The monoisotopic (exact) mass is 261 g/mol. The number of piperidine rings is 1. The van der Waals surface area contributed by atoms with E-state index in [9.17, 15) is 4.79 Å². The fourth-order valence-corrected chi connectivity index (χ4v) is 2.95. The van der Waals surface area contributed by atoms with Crippen molar-refractivity contribution in [3.05, 3.63) is 0 Å². The van der Waals surface area contributed by atoms with Gasteiger partial charge in [0.2, 0.25) is 5.91 Å². The maximum absolute atomic E-state index is 11.5. The molecule has 0 unspecified atom stereocenters. The highest BCUT2D eigenvalue weighted by Gasteiger charge is 2.41. The Kier molecular flexibility index (Phi) is 4.28. The molecule has 1 amide bonds. The Hall–Kier alpha value is -0.320. The van der Waals surface area contributed by atoms with Gasteiger partial charge in [0.25, 0.3) is 0 Å². The van der Waals surface area contributed by atoms with E-state index in [4.69, 9.17) is 21.1 Å². The van der Waals surface area contributed by atoms with E-state index in [-0.39, 0.29) is 17.4 Å². The van der Waals surface area contributed by atoms with Gasteiger partial charge in [0, 0.05) is 33.2 Å². The van der Waals surface area contributed by atoms with Crippen LogP contribution in [0.1, 0.15) is 25.7 Å². The first-order chi connectivity index (χ1) is 8.19. The Morgan fingerprint density at radius 2 is 2.24 bits per heavy atom. The molecule has 0 aromatic rings. The van der Waals surface area contributed by atoms with Crippen LogP contribution in [0.4, 0.5) is 0 Å². The Balaban J connectivity index is 1.90. The normalized spacial score (nSPS) is 28.4. The molecule has 98 valence electrons. The highest BCUT2D eigenvalue weighted by atomic mass is 35.5. The molecule has 0 aliphatic carbocycles. The van der Waals surface area contributed by atoms with Gasteiger partial charge in [-0.25, -0.2) is 0 Å². The van der Waals surface area contributed by atoms with Crippen LogP contribution >= 0.6 is 11.6 Å². The molecule has 5 heteroatoms. The number of halogens is 1. The van der Waals surface area contributed by atoms with Gasteiger partial charge in [-0.15, -0.1) is 11.6 Å². The summed E-state index contributed by atoms with van der Waals surface area (Å²) in [5, 5.41) is 0. The van der Waals surface area contributed by atoms with Crippen molar-refractivity contribution < 1.29 is 14.3 Å². The smallest absolute Gasteiger partial charge is 0.237 e. The molecule has 1 spiro atoms. The Labute approximate surface area is 107 Å². The zero-order valence-corrected chi connectivity index (χ0v) is 11.0. The molecular formula is C12H20ClNO3. The maximum atomic E-state index is 11.5. The molecular weight excluding hydrogens is 242 g/mol. The SMILES string of the molecule is CO[C@H]1CCOC2(CCN(C(=O)CCl)CC2)C1. The van der Waals surface area contributed by atoms with E-state index in [2.05, 4.69) is 0 Å². The van der Waals surface area contributed by atoms with Crippen LogP contribution in [-0.2, 0) is 14.3 Å². The maximum Gasteiger partial charge on any atom is 0.237 e. The minimum atomic E-state index is -0.0674. The standard InChI is InChI=1S/C12H20ClNO3/c1-16-10-2-7-17-12(8-10)3-5-14(6-4-12)11(15)9-13/h10H,2-9H2,1H3/t10-/m0/s1. The van der Waals surface area contributed by atoms with Crippen LogP contribution in [-0.4, -0.2) is 55.2 Å². The number of ether oxygens (including phenoxy) is 2. The first-order valence-corrected chi connectivity index (χ1v) is 6.73. The molecule has 1 atom stereocenters. The molecule has 4 nitrogen and oxygen atoms in total. The van der Waals surface area contributed by atoms with Gasteiger partial charge in [-0.3, -0.25) is 4.79 Å². The number of alkyl halides is 1. The molecule has 2 aliphatic heterocycles. The molecule has 0 aromatic carbocycles. The number of nitrogens with zero attached hydrogens (tertiary/aromatic N) is 1. The zero-order valence-electron chi connectivity index (χ0n) is 10.3. The second-order valence-corrected chi connectivity index (χ2v) is 5.16. The summed E-state index contributed by atoms with van der Waals surface area (Å²) in [7, 11) is 1.76. The molecule has 0 bridgehead atoms. The van der Waals surface area contributed by atoms with Gasteiger partial charge in [-0.2, -0.15) is 0 Å². The number of hydrogen-bond donors (Lipinski definition) is 0. The van der Waals surface area contributed by atoms with Crippen molar-refractivity contribution in [2.24, 2.45) is 0 Å². The summed E-state index contributed by atoms with van der Waals surface area (Å²) in [5.74, 6) is 0.106. The number of methoxy groups -OCH3 is 1. The van der Waals surface area contributed by atoms with Gasteiger partial charge in [0.15, 0.2) is 0 Å². The number of hydrogen-bond acceptors (Lipinski definition) is 3.